The average molecular weight is 499 g/mol. The molecule has 1 aliphatic heterocycles. The topological polar surface area (TPSA) is 78.8 Å². The first-order valence-electron chi connectivity index (χ1n) is 13.3. The van der Waals surface area contributed by atoms with Crippen molar-refractivity contribution < 1.29 is 19.0 Å². The standard InChI is InChI=1S/C29H42N2O5/c1-4-5-6-7-8-9-13-16-29(35-17-18-36-29)20-27(33)30-21-25-28(26(32)19-23(2)31(25)3)34-22-24-14-11-10-12-15-24/h10-12,14-15,19H,4-9,13,16-18,20-22H2,1-3H3,(H,30,33). The van der Waals surface area contributed by atoms with Crippen molar-refractivity contribution in [1.82, 2.24) is 9.88 Å². The van der Waals surface area contributed by atoms with E-state index in [-0.39, 0.29) is 36.7 Å². The summed E-state index contributed by atoms with van der Waals surface area (Å²) in [6.07, 6.45) is 9.24. The number of pyridine rings is 1. The van der Waals surface area contributed by atoms with Crippen LogP contribution >= 0.6 is 0 Å². The number of aromatic nitrogens is 1. The van der Waals surface area contributed by atoms with E-state index >= 15 is 0 Å². The second-order valence-corrected chi connectivity index (χ2v) is 9.69. The van der Waals surface area contributed by atoms with Gasteiger partial charge in [-0.15, -0.1) is 0 Å². The molecule has 1 aromatic heterocycles. The predicted molar refractivity (Wildman–Crippen MR) is 141 cm³/mol. The van der Waals surface area contributed by atoms with E-state index in [0.29, 0.717) is 25.3 Å². The molecule has 7 heteroatoms. The minimum absolute atomic E-state index is 0.142. The first-order chi connectivity index (χ1) is 17.4. The molecule has 1 saturated heterocycles. The fraction of sp³-hybridized carbons (Fsp3) is 0.586. The van der Waals surface area contributed by atoms with Gasteiger partial charge in [0.05, 0.1) is 31.9 Å². The largest absolute Gasteiger partial charge is 0.483 e. The van der Waals surface area contributed by atoms with Gasteiger partial charge in [0.1, 0.15) is 6.61 Å². The van der Waals surface area contributed by atoms with Crippen LogP contribution in [0.3, 0.4) is 0 Å². The molecule has 1 amide bonds. The summed E-state index contributed by atoms with van der Waals surface area (Å²) in [5, 5.41) is 2.97. The number of ether oxygens (including phenoxy) is 3. The highest BCUT2D eigenvalue weighted by molar-refractivity contribution is 5.76. The summed E-state index contributed by atoms with van der Waals surface area (Å²) in [4.78, 5) is 25.7. The van der Waals surface area contributed by atoms with Gasteiger partial charge in [0.15, 0.2) is 11.5 Å². The normalized spacial score (nSPS) is 14.6. The minimum Gasteiger partial charge on any atom is -0.483 e. The van der Waals surface area contributed by atoms with Crippen LogP contribution < -0.4 is 15.5 Å². The van der Waals surface area contributed by atoms with Crippen molar-refractivity contribution in [3.05, 3.63) is 63.6 Å². The van der Waals surface area contributed by atoms with Crippen LogP contribution in [0.15, 0.2) is 41.2 Å². The molecule has 0 radical (unpaired) electrons. The molecule has 3 rings (SSSR count). The number of unbranched alkanes of at least 4 members (excludes halogenated alkanes) is 6. The lowest BCUT2D eigenvalue weighted by Gasteiger charge is -2.27. The van der Waals surface area contributed by atoms with Gasteiger partial charge in [-0.3, -0.25) is 9.59 Å². The van der Waals surface area contributed by atoms with E-state index in [9.17, 15) is 9.59 Å². The molecular weight excluding hydrogens is 456 g/mol. The van der Waals surface area contributed by atoms with Gasteiger partial charge in [-0.1, -0.05) is 75.8 Å². The molecule has 7 nitrogen and oxygen atoms in total. The zero-order valence-corrected chi connectivity index (χ0v) is 22.1. The lowest BCUT2D eigenvalue weighted by atomic mass is 10.0. The Balaban J connectivity index is 1.58. The fourth-order valence-electron chi connectivity index (χ4n) is 4.62. The molecule has 2 aromatic rings. The molecule has 198 valence electrons. The molecular formula is C29H42N2O5. The second kappa shape index (κ2) is 14.2. The lowest BCUT2D eigenvalue weighted by molar-refractivity contribution is -0.174. The third-order valence-electron chi connectivity index (χ3n) is 6.84. The summed E-state index contributed by atoms with van der Waals surface area (Å²) < 4.78 is 19.7. The Hall–Kier alpha value is -2.64. The number of rotatable bonds is 15. The smallest absolute Gasteiger partial charge is 0.225 e. The van der Waals surface area contributed by atoms with Gasteiger partial charge in [0.25, 0.3) is 0 Å². The summed E-state index contributed by atoms with van der Waals surface area (Å²) in [6, 6.07) is 11.3. The second-order valence-electron chi connectivity index (χ2n) is 9.69. The molecule has 2 heterocycles. The van der Waals surface area contributed by atoms with Crippen molar-refractivity contribution in [2.24, 2.45) is 7.05 Å². The highest BCUT2D eigenvalue weighted by atomic mass is 16.7. The van der Waals surface area contributed by atoms with Crippen molar-refractivity contribution in [2.75, 3.05) is 13.2 Å². The summed E-state index contributed by atoms with van der Waals surface area (Å²) in [5.74, 6) is -0.750. The van der Waals surface area contributed by atoms with Crippen LogP contribution in [-0.4, -0.2) is 29.5 Å². The average Bonchev–Trinajstić information content (AvgIpc) is 3.33. The van der Waals surface area contributed by atoms with Crippen LogP contribution in [0, 0.1) is 6.92 Å². The number of hydrogen-bond donors (Lipinski definition) is 1. The Morgan fingerprint density at radius 3 is 2.42 bits per heavy atom. The maximum absolute atomic E-state index is 13.0. The Kier molecular flexibility index (Phi) is 11.0. The summed E-state index contributed by atoms with van der Waals surface area (Å²) in [7, 11) is 1.87. The van der Waals surface area contributed by atoms with Crippen LogP contribution in [0.5, 0.6) is 5.75 Å². The minimum atomic E-state index is -0.849. The number of amides is 1. The highest BCUT2D eigenvalue weighted by Crippen LogP contribution is 2.30. The van der Waals surface area contributed by atoms with Crippen LogP contribution in [0.4, 0.5) is 0 Å². The Labute approximate surface area is 215 Å². The molecule has 0 saturated carbocycles. The third-order valence-corrected chi connectivity index (χ3v) is 6.84. The van der Waals surface area contributed by atoms with Gasteiger partial charge in [-0.25, -0.2) is 0 Å². The third kappa shape index (κ3) is 8.20. The van der Waals surface area contributed by atoms with Crippen LogP contribution in [0.25, 0.3) is 0 Å². The predicted octanol–water partition coefficient (Wildman–Crippen LogP) is 5.16. The lowest BCUT2D eigenvalue weighted by Crippen LogP contribution is -2.38. The number of benzene rings is 1. The van der Waals surface area contributed by atoms with Gasteiger partial charge < -0.3 is 24.1 Å². The van der Waals surface area contributed by atoms with E-state index in [4.69, 9.17) is 14.2 Å². The Morgan fingerprint density at radius 1 is 1.06 bits per heavy atom. The number of carbonyl (C=O) groups is 1. The maximum atomic E-state index is 13.0. The number of carbonyl (C=O) groups excluding carboxylic acids is 1. The molecule has 1 fully saturated rings. The number of aryl methyl sites for hydroxylation is 1. The molecule has 0 atom stereocenters. The first kappa shape index (κ1) is 27.9. The fourth-order valence-corrected chi connectivity index (χ4v) is 4.62. The molecule has 0 unspecified atom stereocenters. The van der Waals surface area contributed by atoms with E-state index in [1.165, 1.54) is 32.1 Å². The van der Waals surface area contributed by atoms with Crippen molar-refractivity contribution >= 4 is 5.91 Å². The molecule has 1 N–H and O–H groups in total. The van der Waals surface area contributed by atoms with E-state index in [0.717, 1.165) is 24.1 Å². The molecule has 0 aliphatic carbocycles. The first-order valence-corrected chi connectivity index (χ1v) is 13.3. The van der Waals surface area contributed by atoms with Gasteiger partial charge in [-0.05, 0) is 18.9 Å². The van der Waals surface area contributed by atoms with Crippen molar-refractivity contribution in [2.45, 2.75) is 90.6 Å². The zero-order chi connectivity index (χ0) is 25.8. The van der Waals surface area contributed by atoms with Crippen molar-refractivity contribution in [1.29, 1.82) is 0 Å². The van der Waals surface area contributed by atoms with Crippen LogP contribution in [0.1, 0.15) is 81.7 Å². The molecule has 1 aliphatic rings. The zero-order valence-electron chi connectivity index (χ0n) is 22.1. The van der Waals surface area contributed by atoms with Gasteiger partial charge >= 0.3 is 0 Å². The molecule has 1 aromatic carbocycles. The van der Waals surface area contributed by atoms with E-state index < -0.39 is 5.79 Å². The van der Waals surface area contributed by atoms with E-state index in [2.05, 4.69) is 12.2 Å². The van der Waals surface area contributed by atoms with Crippen LogP contribution in [-0.2, 0) is 34.5 Å². The van der Waals surface area contributed by atoms with Gasteiger partial charge in [0, 0.05) is 25.2 Å². The Morgan fingerprint density at radius 2 is 1.72 bits per heavy atom. The van der Waals surface area contributed by atoms with E-state index in [1.54, 1.807) is 6.07 Å². The summed E-state index contributed by atoms with van der Waals surface area (Å²) >= 11 is 0. The molecule has 36 heavy (non-hydrogen) atoms. The Bertz CT molecular complexity index is 1010. The highest BCUT2D eigenvalue weighted by Gasteiger charge is 2.38. The number of nitrogens with zero attached hydrogens (tertiary/aromatic N) is 1. The SMILES string of the molecule is CCCCCCCCCC1(CC(=O)NCc2c(OCc3ccccc3)c(=O)cc(C)n2C)OCCO1. The van der Waals surface area contributed by atoms with Crippen molar-refractivity contribution in [3.8, 4) is 5.75 Å². The number of hydrogen-bond acceptors (Lipinski definition) is 5. The molecule has 0 bridgehead atoms. The number of nitrogens with one attached hydrogen (secondary N) is 1. The maximum Gasteiger partial charge on any atom is 0.225 e. The van der Waals surface area contributed by atoms with Gasteiger partial charge in [-0.2, -0.15) is 0 Å². The van der Waals surface area contributed by atoms with Gasteiger partial charge in [0.2, 0.25) is 11.3 Å². The monoisotopic (exact) mass is 498 g/mol. The summed E-state index contributed by atoms with van der Waals surface area (Å²) in [5.41, 5.74) is 2.22. The summed E-state index contributed by atoms with van der Waals surface area (Å²) in [6.45, 7) is 5.57. The van der Waals surface area contributed by atoms with E-state index in [1.807, 2.05) is 48.9 Å². The van der Waals surface area contributed by atoms with Crippen molar-refractivity contribution in [3.63, 3.8) is 0 Å². The quantitative estimate of drug-likeness (QED) is 0.343. The van der Waals surface area contributed by atoms with Crippen LogP contribution in [0.2, 0.25) is 0 Å². The molecule has 0 spiro atoms.